The molecule has 0 bridgehead atoms. The summed E-state index contributed by atoms with van der Waals surface area (Å²) in [5, 5.41) is 3.38. The highest BCUT2D eigenvalue weighted by Gasteiger charge is 2.10. The zero-order valence-corrected chi connectivity index (χ0v) is 12.5. The fourth-order valence-corrected chi connectivity index (χ4v) is 2.70. The maximum absolute atomic E-state index is 11.1. The van der Waals surface area contributed by atoms with Gasteiger partial charge in [0, 0.05) is 12.3 Å². The van der Waals surface area contributed by atoms with Crippen LogP contribution in [0.4, 0.5) is 0 Å². The molecule has 3 nitrogen and oxygen atoms in total. The molecule has 4 heteroatoms. The lowest BCUT2D eigenvalue weighted by molar-refractivity contribution is 0.452. The second-order valence-corrected chi connectivity index (χ2v) is 7.14. The van der Waals surface area contributed by atoms with Gasteiger partial charge in [0.1, 0.15) is 9.84 Å². The Kier molecular flexibility index (Phi) is 9.84. The van der Waals surface area contributed by atoms with Crippen LogP contribution in [-0.2, 0) is 9.84 Å². The van der Waals surface area contributed by atoms with E-state index >= 15 is 0 Å². The van der Waals surface area contributed by atoms with Gasteiger partial charge in [0.25, 0.3) is 0 Å². The normalized spacial score (nSPS) is 13.8. The van der Waals surface area contributed by atoms with E-state index in [-0.39, 0.29) is 0 Å². The molecule has 0 radical (unpaired) electrons. The van der Waals surface area contributed by atoms with E-state index < -0.39 is 9.84 Å². The van der Waals surface area contributed by atoms with Gasteiger partial charge >= 0.3 is 0 Å². The fourth-order valence-electron chi connectivity index (χ4n) is 1.99. The van der Waals surface area contributed by atoms with Gasteiger partial charge in [-0.05, 0) is 19.4 Å². The Labute approximate surface area is 107 Å². The van der Waals surface area contributed by atoms with Crippen molar-refractivity contribution in [3.8, 4) is 0 Å². The van der Waals surface area contributed by atoms with Crippen LogP contribution in [0.3, 0.4) is 0 Å². The van der Waals surface area contributed by atoms with Crippen LogP contribution in [0.15, 0.2) is 0 Å². The molecule has 0 aliphatic rings. The Bertz CT molecular complexity index is 263. The SMILES string of the molecule is CCCCCCCC(CCS(C)(=O)=O)NCC. The quantitative estimate of drug-likeness (QED) is 0.583. The highest BCUT2D eigenvalue weighted by molar-refractivity contribution is 7.90. The van der Waals surface area contributed by atoms with Crippen LogP contribution in [0, 0.1) is 0 Å². The summed E-state index contributed by atoms with van der Waals surface area (Å²) in [4.78, 5) is 0. The Morgan fingerprint density at radius 1 is 1.00 bits per heavy atom. The molecule has 104 valence electrons. The molecule has 0 aliphatic carbocycles. The molecule has 1 atom stereocenters. The van der Waals surface area contributed by atoms with Crippen LogP contribution in [0.5, 0.6) is 0 Å². The molecule has 0 aliphatic heterocycles. The number of nitrogens with one attached hydrogen (secondary N) is 1. The first-order chi connectivity index (χ1) is 7.99. The van der Waals surface area contributed by atoms with Crippen molar-refractivity contribution in [2.75, 3.05) is 18.6 Å². The minimum atomic E-state index is -2.82. The fraction of sp³-hybridized carbons (Fsp3) is 1.00. The van der Waals surface area contributed by atoms with Crippen molar-refractivity contribution in [2.45, 2.75) is 64.8 Å². The molecule has 17 heavy (non-hydrogen) atoms. The van der Waals surface area contributed by atoms with Crippen molar-refractivity contribution >= 4 is 9.84 Å². The molecule has 0 saturated heterocycles. The molecule has 0 amide bonds. The smallest absolute Gasteiger partial charge is 0.147 e. The summed E-state index contributed by atoms with van der Waals surface area (Å²) in [6.07, 6.45) is 9.54. The first-order valence-corrected chi connectivity index (χ1v) is 8.96. The van der Waals surface area contributed by atoms with E-state index in [2.05, 4.69) is 19.2 Å². The highest BCUT2D eigenvalue weighted by atomic mass is 32.2. The second-order valence-electron chi connectivity index (χ2n) is 4.88. The summed E-state index contributed by atoms with van der Waals surface area (Å²) in [7, 11) is -2.82. The summed E-state index contributed by atoms with van der Waals surface area (Å²) in [6, 6.07) is 0.372. The predicted molar refractivity (Wildman–Crippen MR) is 75.2 cm³/mol. The Morgan fingerprint density at radius 2 is 1.65 bits per heavy atom. The lowest BCUT2D eigenvalue weighted by Gasteiger charge is -2.17. The van der Waals surface area contributed by atoms with Crippen molar-refractivity contribution in [3.05, 3.63) is 0 Å². The van der Waals surface area contributed by atoms with Gasteiger partial charge in [-0.2, -0.15) is 0 Å². The second kappa shape index (κ2) is 9.89. The maximum atomic E-state index is 11.1. The van der Waals surface area contributed by atoms with E-state index in [1.54, 1.807) is 0 Å². The van der Waals surface area contributed by atoms with Crippen molar-refractivity contribution in [1.29, 1.82) is 0 Å². The van der Waals surface area contributed by atoms with E-state index in [1.165, 1.54) is 38.4 Å². The molecular formula is C13H29NO2S. The zero-order chi connectivity index (χ0) is 13.1. The monoisotopic (exact) mass is 263 g/mol. The minimum Gasteiger partial charge on any atom is -0.314 e. The average Bonchev–Trinajstić information content (AvgIpc) is 2.24. The van der Waals surface area contributed by atoms with Crippen molar-refractivity contribution in [1.82, 2.24) is 5.32 Å². The molecule has 0 spiro atoms. The molecule has 0 aromatic rings. The molecule has 1 unspecified atom stereocenters. The number of rotatable bonds is 11. The van der Waals surface area contributed by atoms with Crippen LogP contribution in [-0.4, -0.2) is 33.0 Å². The Hall–Kier alpha value is -0.0900. The van der Waals surface area contributed by atoms with Crippen molar-refractivity contribution in [2.24, 2.45) is 0 Å². The Morgan fingerprint density at radius 3 is 2.18 bits per heavy atom. The molecule has 0 rings (SSSR count). The molecule has 0 aromatic carbocycles. The summed E-state index contributed by atoms with van der Waals surface area (Å²) in [5.41, 5.74) is 0. The summed E-state index contributed by atoms with van der Waals surface area (Å²) >= 11 is 0. The summed E-state index contributed by atoms with van der Waals surface area (Å²) < 4.78 is 22.3. The van der Waals surface area contributed by atoms with Crippen LogP contribution in [0.2, 0.25) is 0 Å². The number of unbranched alkanes of at least 4 members (excludes halogenated alkanes) is 4. The number of hydrogen-bond acceptors (Lipinski definition) is 3. The average molecular weight is 263 g/mol. The van der Waals surface area contributed by atoms with Gasteiger partial charge in [0.15, 0.2) is 0 Å². The van der Waals surface area contributed by atoms with Gasteiger partial charge in [-0.3, -0.25) is 0 Å². The standard InChI is InChI=1S/C13H29NO2S/c1-4-6-7-8-9-10-13(14-5-2)11-12-17(3,15)16/h13-14H,4-12H2,1-3H3. The van der Waals surface area contributed by atoms with E-state index in [4.69, 9.17) is 0 Å². The van der Waals surface area contributed by atoms with Crippen molar-refractivity contribution < 1.29 is 8.42 Å². The Balaban J connectivity index is 3.74. The number of sulfone groups is 1. The summed E-state index contributed by atoms with van der Waals surface area (Å²) in [5.74, 6) is 0.305. The third-order valence-corrected chi connectivity index (χ3v) is 3.96. The van der Waals surface area contributed by atoms with E-state index in [9.17, 15) is 8.42 Å². The van der Waals surface area contributed by atoms with Gasteiger partial charge in [-0.25, -0.2) is 8.42 Å². The topological polar surface area (TPSA) is 46.2 Å². The summed E-state index contributed by atoms with van der Waals surface area (Å²) in [6.45, 7) is 5.21. The lowest BCUT2D eigenvalue weighted by atomic mass is 10.0. The van der Waals surface area contributed by atoms with Crippen LogP contribution < -0.4 is 5.32 Å². The first kappa shape index (κ1) is 16.9. The van der Waals surface area contributed by atoms with E-state index in [0.29, 0.717) is 11.8 Å². The lowest BCUT2D eigenvalue weighted by Crippen LogP contribution is -2.30. The third-order valence-electron chi connectivity index (χ3n) is 2.99. The van der Waals surface area contributed by atoms with Gasteiger partial charge in [-0.15, -0.1) is 0 Å². The van der Waals surface area contributed by atoms with E-state index in [0.717, 1.165) is 19.4 Å². The van der Waals surface area contributed by atoms with Gasteiger partial charge < -0.3 is 5.32 Å². The first-order valence-electron chi connectivity index (χ1n) is 6.90. The van der Waals surface area contributed by atoms with Gasteiger partial charge in [-0.1, -0.05) is 46.0 Å². The van der Waals surface area contributed by atoms with Crippen LogP contribution >= 0.6 is 0 Å². The van der Waals surface area contributed by atoms with Crippen molar-refractivity contribution in [3.63, 3.8) is 0 Å². The van der Waals surface area contributed by atoms with Crippen LogP contribution in [0.25, 0.3) is 0 Å². The molecule has 0 fully saturated rings. The predicted octanol–water partition coefficient (Wildman–Crippen LogP) is 2.76. The molecule has 0 heterocycles. The largest absolute Gasteiger partial charge is 0.314 e. The highest BCUT2D eigenvalue weighted by Crippen LogP contribution is 2.10. The third kappa shape index (κ3) is 12.2. The molecule has 0 aromatic heterocycles. The molecule has 1 N–H and O–H groups in total. The van der Waals surface area contributed by atoms with Gasteiger partial charge in [0.05, 0.1) is 5.75 Å². The molecule has 0 saturated carbocycles. The maximum Gasteiger partial charge on any atom is 0.147 e. The molecular weight excluding hydrogens is 234 g/mol. The number of hydrogen-bond donors (Lipinski definition) is 1. The van der Waals surface area contributed by atoms with Crippen LogP contribution in [0.1, 0.15) is 58.8 Å². The zero-order valence-electron chi connectivity index (χ0n) is 11.7. The minimum absolute atomic E-state index is 0.305. The van der Waals surface area contributed by atoms with E-state index in [1.807, 2.05) is 0 Å². The van der Waals surface area contributed by atoms with Gasteiger partial charge in [0.2, 0.25) is 0 Å².